The number of halogens is 1. The van der Waals surface area contributed by atoms with Crippen LogP contribution < -0.4 is 10.1 Å². The smallest absolute Gasteiger partial charge is 0.163 e. The molecule has 0 atom stereocenters. The van der Waals surface area contributed by atoms with E-state index in [1.807, 2.05) is 54.6 Å². The summed E-state index contributed by atoms with van der Waals surface area (Å²) in [5, 5.41) is 4.28. The number of nitrogens with one attached hydrogen (secondary N) is 1. The predicted octanol–water partition coefficient (Wildman–Crippen LogP) is 5.21. The number of hydrogen-bond donors (Lipinski definition) is 1. The molecule has 0 amide bonds. The number of benzene rings is 2. The molecular weight excluding hydrogens is 392 g/mol. The van der Waals surface area contributed by atoms with Gasteiger partial charge in [-0.1, -0.05) is 22.0 Å². The van der Waals surface area contributed by atoms with E-state index in [4.69, 9.17) is 9.72 Å². The molecule has 26 heavy (non-hydrogen) atoms. The van der Waals surface area contributed by atoms with Crippen molar-refractivity contribution in [2.24, 2.45) is 0 Å². The van der Waals surface area contributed by atoms with Crippen LogP contribution in [0.4, 0.5) is 11.5 Å². The zero-order valence-corrected chi connectivity index (χ0v) is 15.6. The molecule has 2 aromatic heterocycles. The Bertz CT molecular complexity index is 1070. The van der Waals surface area contributed by atoms with Crippen molar-refractivity contribution in [2.75, 3.05) is 12.4 Å². The summed E-state index contributed by atoms with van der Waals surface area (Å²) in [6, 6.07) is 17.5. The first-order chi connectivity index (χ1) is 12.7. The second-order valence-electron chi connectivity index (χ2n) is 5.66. The van der Waals surface area contributed by atoms with E-state index < -0.39 is 0 Å². The van der Waals surface area contributed by atoms with Crippen molar-refractivity contribution in [1.82, 2.24) is 15.0 Å². The Balaban J connectivity index is 1.89. The fourth-order valence-electron chi connectivity index (χ4n) is 2.66. The zero-order valence-electron chi connectivity index (χ0n) is 14.0. The molecule has 0 radical (unpaired) electrons. The molecule has 1 N–H and O–H groups in total. The highest BCUT2D eigenvalue weighted by molar-refractivity contribution is 9.10. The van der Waals surface area contributed by atoms with E-state index in [1.54, 1.807) is 19.5 Å². The van der Waals surface area contributed by atoms with E-state index in [2.05, 4.69) is 31.2 Å². The molecule has 0 saturated carbocycles. The lowest BCUT2D eigenvalue weighted by Gasteiger charge is -2.12. The van der Waals surface area contributed by atoms with Crippen LogP contribution in [0.2, 0.25) is 0 Å². The molecule has 0 bridgehead atoms. The third-order valence-corrected chi connectivity index (χ3v) is 4.40. The zero-order chi connectivity index (χ0) is 17.9. The summed E-state index contributed by atoms with van der Waals surface area (Å²) in [5.74, 6) is 2.09. The number of ether oxygens (including phenoxy) is 1. The number of pyridine rings is 1. The number of hydrogen-bond acceptors (Lipinski definition) is 5. The molecule has 5 nitrogen and oxygen atoms in total. The quantitative estimate of drug-likeness (QED) is 0.504. The molecule has 4 rings (SSSR count). The average Bonchev–Trinajstić information content (AvgIpc) is 2.68. The third kappa shape index (κ3) is 3.36. The van der Waals surface area contributed by atoms with Gasteiger partial charge in [0, 0.05) is 33.5 Å². The minimum Gasteiger partial charge on any atom is -0.497 e. The van der Waals surface area contributed by atoms with Crippen LogP contribution in [0.25, 0.3) is 22.3 Å². The largest absolute Gasteiger partial charge is 0.497 e. The molecule has 128 valence electrons. The lowest BCUT2D eigenvalue weighted by molar-refractivity contribution is 0.415. The number of rotatable bonds is 4. The maximum absolute atomic E-state index is 5.36. The summed E-state index contributed by atoms with van der Waals surface area (Å²) < 4.78 is 6.35. The van der Waals surface area contributed by atoms with Gasteiger partial charge in [0.2, 0.25) is 0 Å². The van der Waals surface area contributed by atoms with Gasteiger partial charge in [-0.25, -0.2) is 9.97 Å². The van der Waals surface area contributed by atoms with Crippen LogP contribution in [0.5, 0.6) is 5.75 Å². The van der Waals surface area contributed by atoms with Crippen LogP contribution in [0.15, 0.2) is 71.5 Å². The molecular formula is C20H15BrN4O. The van der Waals surface area contributed by atoms with Crippen molar-refractivity contribution in [3.8, 4) is 17.1 Å². The van der Waals surface area contributed by atoms with Crippen molar-refractivity contribution in [3.05, 3.63) is 71.5 Å². The first-order valence-corrected chi connectivity index (χ1v) is 8.81. The van der Waals surface area contributed by atoms with Gasteiger partial charge in [-0.2, -0.15) is 0 Å². The summed E-state index contributed by atoms with van der Waals surface area (Å²) in [7, 11) is 1.65. The molecule has 0 aliphatic heterocycles. The van der Waals surface area contributed by atoms with Crippen LogP contribution in [0.3, 0.4) is 0 Å². The summed E-state index contributed by atoms with van der Waals surface area (Å²) in [6.45, 7) is 0. The monoisotopic (exact) mass is 406 g/mol. The Morgan fingerprint density at radius 2 is 1.92 bits per heavy atom. The molecule has 0 saturated heterocycles. The summed E-state index contributed by atoms with van der Waals surface area (Å²) >= 11 is 3.50. The topological polar surface area (TPSA) is 59.9 Å². The number of anilines is 2. The van der Waals surface area contributed by atoms with Crippen LogP contribution in [0.1, 0.15) is 0 Å². The van der Waals surface area contributed by atoms with Crippen LogP contribution in [-0.4, -0.2) is 22.1 Å². The number of nitrogens with zero attached hydrogens (tertiary/aromatic N) is 3. The Hall–Kier alpha value is -2.99. The number of aromatic nitrogens is 3. The minimum absolute atomic E-state index is 0.619. The molecule has 0 aliphatic rings. The highest BCUT2D eigenvalue weighted by Crippen LogP contribution is 2.30. The summed E-state index contributed by atoms with van der Waals surface area (Å²) in [6.07, 6.45) is 3.49. The predicted molar refractivity (Wildman–Crippen MR) is 107 cm³/mol. The highest BCUT2D eigenvalue weighted by atomic mass is 79.9. The van der Waals surface area contributed by atoms with E-state index in [-0.39, 0.29) is 0 Å². The van der Waals surface area contributed by atoms with E-state index >= 15 is 0 Å². The van der Waals surface area contributed by atoms with E-state index in [9.17, 15) is 0 Å². The molecule has 4 aromatic rings. The molecule has 0 unspecified atom stereocenters. The maximum atomic E-state index is 5.36. The second-order valence-corrected chi connectivity index (χ2v) is 6.57. The molecule has 0 spiro atoms. The third-order valence-electron chi connectivity index (χ3n) is 3.91. The van der Waals surface area contributed by atoms with Crippen molar-refractivity contribution < 1.29 is 4.74 Å². The molecule has 6 heteroatoms. The van der Waals surface area contributed by atoms with E-state index in [1.165, 1.54) is 0 Å². The maximum Gasteiger partial charge on any atom is 0.163 e. The summed E-state index contributed by atoms with van der Waals surface area (Å²) in [4.78, 5) is 13.6. The Labute approximate surface area is 159 Å². The van der Waals surface area contributed by atoms with Crippen molar-refractivity contribution in [3.63, 3.8) is 0 Å². The van der Waals surface area contributed by atoms with Crippen LogP contribution >= 0.6 is 15.9 Å². The van der Waals surface area contributed by atoms with Gasteiger partial charge in [0.15, 0.2) is 5.82 Å². The normalized spacial score (nSPS) is 10.7. The first kappa shape index (κ1) is 16.5. The van der Waals surface area contributed by atoms with Gasteiger partial charge in [0.05, 0.1) is 12.6 Å². The van der Waals surface area contributed by atoms with Crippen LogP contribution in [0, 0.1) is 0 Å². The average molecular weight is 407 g/mol. The summed E-state index contributed by atoms with van der Waals surface area (Å²) in [5.41, 5.74) is 2.62. The Morgan fingerprint density at radius 1 is 1.00 bits per heavy atom. The fourth-order valence-corrected chi connectivity index (χ4v) is 3.06. The lowest BCUT2D eigenvalue weighted by atomic mass is 10.2. The minimum atomic E-state index is 0.619. The van der Waals surface area contributed by atoms with Crippen LogP contribution in [-0.2, 0) is 0 Å². The highest BCUT2D eigenvalue weighted by Gasteiger charge is 2.11. The van der Waals surface area contributed by atoms with E-state index in [0.29, 0.717) is 11.6 Å². The van der Waals surface area contributed by atoms with Gasteiger partial charge in [0.1, 0.15) is 11.6 Å². The Kier molecular flexibility index (Phi) is 4.50. The second kappa shape index (κ2) is 7.09. The van der Waals surface area contributed by atoms with Gasteiger partial charge in [-0.15, -0.1) is 0 Å². The standard InChI is InChI=1S/C20H15BrN4O/c1-26-16-7-8-18-17(11-16)20(23-15-6-2-5-14(21)10-15)25-19(24-18)13-4-3-9-22-12-13/h2-12H,1H3,(H,23,24,25). The molecule has 2 heterocycles. The SMILES string of the molecule is COc1ccc2nc(-c3cccnc3)nc(Nc3cccc(Br)c3)c2c1. The van der Waals surface area contributed by atoms with Crippen molar-refractivity contribution in [1.29, 1.82) is 0 Å². The van der Waals surface area contributed by atoms with Gasteiger partial charge in [-0.3, -0.25) is 4.98 Å². The molecule has 2 aromatic carbocycles. The number of fused-ring (bicyclic) bond motifs is 1. The van der Waals surface area contributed by atoms with E-state index in [0.717, 1.165) is 32.4 Å². The van der Waals surface area contributed by atoms with Gasteiger partial charge >= 0.3 is 0 Å². The lowest BCUT2D eigenvalue weighted by Crippen LogP contribution is -2.00. The van der Waals surface area contributed by atoms with Gasteiger partial charge in [-0.05, 0) is 48.5 Å². The number of methoxy groups -OCH3 is 1. The molecule has 0 aliphatic carbocycles. The molecule has 0 fully saturated rings. The Morgan fingerprint density at radius 3 is 2.69 bits per heavy atom. The van der Waals surface area contributed by atoms with Crippen molar-refractivity contribution in [2.45, 2.75) is 0 Å². The van der Waals surface area contributed by atoms with Gasteiger partial charge < -0.3 is 10.1 Å². The fraction of sp³-hybridized carbons (Fsp3) is 0.0500. The first-order valence-electron chi connectivity index (χ1n) is 8.02. The van der Waals surface area contributed by atoms with Gasteiger partial charge in [0.25, 0.3) is 0 Å². The van der Waals surface area contributed by atoms with Crippen molar-refractivity contribution >= 4 is 38.3 Å².